The van der Waals surface area contributed by atoms with Crippen molar-refractivity contribution in [1.82, 2.24) is 24.9 Å². The molecule has 0 bridgehead atoms. The van der Waals surface area contributed by atoms with Crippen molar-refractivity contribution in [2.75, 3.05) is 6.54 Å². The van der Waals surface area contributed by atoms with Gasteiger partial charge in [0.15, 0.2) is 0 Å². The van der Waals surface area contributed by atoms with Gasteiger partial charge < -0.3 is 5.32 Å². The molecule has 2 heterocycles. The van der Waals surface area contributed by atoms with E-state index >= 15 is 0 Å². The van der Waals surface area contributed by atoms with Crippen molar-refractivity contribution in [3.8, 4) is 0 Å². The number of likely N-dealkylation sites (N-methyl/N-ethyl adjacent to an activating group) is 1. The van der Waals surface area contributed by atoms with Gasteiger partial charge in [-0.3, -0.25) is 9.36 Å². The molecule has 0 spiro atoms. The number of nitrogens with one attached hydrogen (secondary N) is 1. The summed E-state index contributed by atoms with van der Waals surface area (Å²) in [6.45, 7) is 7.24. The summed E-state index contributed by atoms with van der Waals surface area (Å²) in [5, 5.41) is 12.5. The second kappa shape index (κ2) is 6.22. The molecule has 2 aromatic rings. The Morgan fingerprint density at radius 1 is 1.15 bits per heavy atom. The Balaban J connectivity index is 2.25. The highest BCUT2D eigenvalue weighted by atomic mass is 15.3. The van der Waals surface area contributed by atoms with E-state index < -0.39 is 0 Å². The van der Waals surface area contributed by atoms with E-state index in [1.54, 1.807) is 0 Å². The van der Waals surface area contributed by atoms with Crippen LogP contribution in [-0.4, -0.2) is 26.1 Å². The minimum Gasteiger partial charge on any atom is -0.309 e. The van der Waals surface area contributed by atoms with Crippen LogP contribution < -0.4 is 5.32 Å². The van der Waals surface area contributed by atoms with Crippen LogP contribution in [0.1, 0.15) is 42.7 Å². The maximum atomic E-state index is 4.53. The molecule has 1 atom stereocenters. The Hall–Kier alpha value is -1.62. The van der Waals surface area contributed by atoms with Gasteiger partial charge in [-0.25, -0.2) is 0 Å². The first-order chi connectivity index (χ1) is 9.55. The van der Waals surface area contributed by atoms with Gasteiger partial charge in [-0.05, 0) is 32.0 Å². The lowest BCUT2D eigenvalue weighted by molar-refractivity contribution is 0.493. The third kappa shape index (κ3) is 3.10. The number of hydrogen-bond acceptors (Lipinski definition) is 3. The molecule has 0 aliphatic rings. The fourth-order valence-electron chi connectivity index (χ4n) is 2.63. The second-order valence-electron chi connectivity index (χ2n) is 5.25. The first-order valence-electron chi connectivity index (χ1n) is 7.30. The predicted octanol–water partition coefficient (Wildman–Crippen LogP) is 1.92. The van der Waals surface area contributed by atoms with Crippen LogP contribution >= 0.6 is 0 Å². The number of rotatable bonds is 6. The van der Waals surface area contributed by atoms with Gasteiger partial charge in [0, 0.05) is 26.2 Å². The molecule has 1 unspecified atom stereocenters. The summed E-state index contributed by atoms with van der Waals surface area (Å²) in [4.78, 5) is 0. The minimum atomic E-state index is 0.270. The summed E-state index contributed by atoms with van der Waals surface area (Å²) in [6.07, 6.45) is 1.90. The first kappa shape index (κ1) is 14.8. The van der Waals surface area contributed by atoms with Crippen LogP contribution in [0, 0.1) is 6.92 Å². The van der Waals surface area contributed by atoms with Gasteiger partial charge in [0.25, 0.3) is 0 Å². The summed E-state index contributed by atoms with van der Waals surface area (Å²) in [5.74, 6) is 0. The molecule has 1 N–H and O–H groups in total. The highest BCUT2D eigenvalue weighted by molar-refractivity contribution is 5.18. The standard InChI is InChI=1S/C15H25N5/c1-6-12-9-13(19(4)18-12)10-14(16-7-2)15-8-11(3)17-20(15)5/h8-9,14,16H,6-7,10H2,1-5H3. The average molecular weight is 275 g/mol. The molecule has 20 heavy (non-hydrogen) atoms. The highest BCUT2D eigenvalue weighted by Crippen LogP contribution is 2.19. The van der Waals surface area contributed by atoms with Gasteiger partial charge in [0.05, 0.1) is 23.1 Å². The van der Waals surface area contributed by atoms with Gasteiger partial charge in [-0.2, -0.15) is 10.2 Å². The van der Waals surface area contributed by atoms with Gasteiger partial charge in [-0.15, -0.1) is 0 Å². The van der Waals surface area contributed by atoms with Gasteiger partial charge >= 0.3 is 0 Å². The quantitative estimate of drug-likeness (QED) is 0.876. The molecule has 0 amide bonds. The Labute approximate surface area is 121 Å². The summed E-state index contributed by atoms with van der Waals surface area (Å²) in [6, 6.07) is 4.63. The molecule has 0 saturated carbocycles. The maximum Gasteiger partial charge on any atom is 0.0624 e. The van der Waals surface area contributed by atoms with Crippen molar-refractivity contribution < 1.29 is 0 Å². The topological polar surface area (TPSA) is 47.7 Å². The zero-order valence-electron chi connectivity index (χ0n) is 13.1. The van der Waals surface area contributed by atoms with Gasteiger partial charge in [0.2, 0.25) is 0 Å². The normalized spacial score (nSPS) is 12.8. The zero-order chi connectivity index (χ0) is 14.7. The summed E-state index contributed by atoms with van der Waals surface area (Å²) < 4.78 is 3.96. The molecular weight excluding hydrogens is 250 g/mol. The van der Waals surface area contributed by atoms with E-state index in [1.165, 1.54) is 11.4 Å². The molecule has 5 nitrogen and oxygen atoms in total. The van der Waals surface area contributed by atoms with Gasteiger partial charge in [0.1, 0.15) is 0 Å². The van der Waals surface area contributed by atoms with E-state index in [0.29, 0.717) is 0 Å². The Bertz CT molecular complexity index is 567. The number of hydrogen-bond donors (Lipinski definition) is 1. The van der Waals surface area contributed by atoms with E-state index in [1.807, 2.05) is 30.4 Å². The van der Waals surface area contributed by atoms with E-state index in [9.17, 15) is 0 Å². The molecule has 0 aromatic carbocycles. The Kier molecular flexibility index (Phi) is 4.60. The average Bonchev–Trinajstić information content (AvgIpc) is 2.92. The zero-order valence-corrected chi connectivity index (χ0v) is 13.1. The summed E-state index contributed by atoms with van der Waals surface area (Å²) >= 11 is 0. The van der Waals surface area contributed by atoms with Crippen LogP contribution in [0.15, 0.2) is 12.1 Å². The third-order valence-electron chi connectivity index (χ3n) is 3.65. The molecule has 2 aromatic heterocycles. The molecule has 0 aliphatic carbocycles. The number of aromatic nitrogens is 4. The fourth-order valence-corrected chi connectivity index (χ4v) is 2.63. The molecule has 5 heteroatoms. The number of nitrogens with zero attached hydrogens (tertiary/aromatic N) is 4. The molecular formula is C15H25N5. The monoisotopic (exact) mass is 275 g/mol. The van der Waals surface area contributed by atoms with Crippen molar-refractivity contribution in [2.24, 2.45) is 14.1 Å². The molecule has 0 saturated heterocycles. The molecule has 0 radical (unpaired) electrons. The molecule has 0 aliphatic heterocycles. The van der Waals surface area contributed by atoms with Crippen molar-refractivity contribution in [3.63, 3.8) is 0 Å². The van der Waals surface area contributed by atoms with E-state index in [4.69, 9.17) is 0 Å². The summed E-state index contributed by atoms with van der Waals surface area (Å²) in [5.41, 5.74) is 4.69. The van der Waals surface area contributed by atoms with E-state index in [-0.39, 0.29) is 6.04 Å². The SMILES string of the molecule is CCNC(Cc1cc(CC)nn1C)c1cc(C)nn1C. The molecule has 0 fully saturated rings. The van der Waals surface area contributed by atoms with Crippen LogP contribution in [0.3, 0.4) is 0 Å². The Morgan fingerprint density at radius 3 is 2.40 bits per heavy atom. The van der Waals surface area contributed by atoms with Crippen LogP contribution in [0.4, 0.5) is 0 Å². The third-order valence-corrected chi connectivity index (χ3v) is 3.65. The van der Waals surface area contributed by atoms with E-state index in [2.05, 4.69) is 41.5 Å². The minimum absolute atomic E-state index is 0.270. The van der Waals surface area contributed by atoms with Crippen LogP contribution in [0.5, 0.6) is 0 Å². The van der Waals surface area contributed by atoms with Crippen molar-refractivity contribution in [2.45, 2.75) is 39.7 Å². The number of aryl methyl sites for hydroxylation is 4. The van der Waals surface area contributed by atoms with E-state index in [0.717, 1.165) is 30.8 Å². The van der Waals surface area contributed by atoms with Crippen LogP contribution in [0.25, 0.3) is 0 Å². The lowest BCUT2D eigenvalue weighted by atomic mass is 10.1. The Morgan fingerprint density at radius 2 is 1.90 bits per heavy atom. The highest BCUT2D eigenvalue weighted by Gasteiger charge is 2.18. The first-order valence-corrected chi connectivity index (χ1v) is 7.30. The van der Waals surface area contributed by atoms with Crippen molar-refractivity contribution in [1.29, 1.82) is 0 Å². The fraction of sp³-hybridized carbons (Fsp3) is 0.600. The lowest BCUT2D eigenvalue weighted by Crippen LogP contribution is -2.25. The second-order valence-corrected chi connectivity index (χ2v) is 5.25. The molecule has 110 valence electrons. The largest absolute Gasteiger partial charge is 0.309 e. The summed E-state index contributed by atoms with van der Waals surface area (Å²) in [7, 11) is 4.03. The van der Waals surface area contributed by atoms with Crippen LogP contribution in [0.2, 0.25) is 0 Å². The van der Waals surface area contributed by atoms with Gasteiger partial charge in [-0.1, -0.05) is 13.8 Å². The lowest BCUT2D eigenvalue weighted by Gasteiger charge is -2.18. The van der Waals surface area contributed by atoms with Crippen molar-refractivity contribution >= 4 is 0 Å². The molecule has 2 rings (SSSR count). The van der Waals surface area contributed by atoms with Crippen molar-refractivity contribution in [3.05, 3.63) is 34.9 Å². The van der Waals surface area contributed by atoms with Crippen LogP contribution in [-0.2, 0) is 26.9 Å². The predicted molar refractivity (Wildman–Crippen MR) is 80.7 cm³/mol. The smallest absolute Gasteiger partial charge is 0.0624 e. The maximum absolute atomic E-state index is 4.53.